The third-order valence-electron chi connectivity index (χ3n) is 3.84. The van der Waals surface area contributed by atoms with Gasteiger partial charge in [0, 0.05) is 24.5 Å². The second kappa shape index (κ2) is 10.9. The Labute approximate surface area is 164 Å². The van der Waals surface area contributed by atoms with Crippen molar-refractivity contribution in [3.63, 3.8) is 0 Å². The van der Waals surface area contributed by atoms with Gasteiger partial charge in [-0.1, -0.05) is 31.5 Å². The lowest BCUT2D eigenvalue weighted by atomic mass is 10.00. The number of benzene rings is 1. The third kappa shape index (κ3) is 6.56. The first-order valence-corrected chi connectivity index (χ1v) is 9.42. The summed E-state index contributed by atoms with van der Waals surface area (Å²) in [5.74, 6) is -2.01. The highest BCUT2D eigenvalue weighted by Gasteiger charge is 2.26. The van der Waals surface area contributed by atoms with Crippen LogP contribution >= 0.6 is 11.6 Å². The van der Waals surface area contributed by atoms with Gasteiger partial charge in [-0.3, -0.25) is 4.79 Å². The Balaban J connectivity index is 0.00000176. The van der Waals surface area contributed by atoms with Crippen molar-refractivity contribution >= 4 is 23.4 Å². The predicted octanol–water partition coefficient (Wildman–Crippen LogP) is 4.19. The van der Waals surface area contributed by atoms with E-state index in [-0.39, 0.29) is 34.5 Å². The Kier molecular flexibility index (Phi) is 9.32. The first-order valence-electron chi connectivity index (χ1n) is 9.04. The number of carbonyl (C=O) groups is 2. The van der Waals surface area contributed by atoms with Crippen molar-refractivity contribution in [2.24, 2.45) is 0 Å². The molecule has 0 fully saturated rings. The Bertz CT molecular complexity index is 698. The van der Waals surface area contributed by atoms with Crippen LogP contribution in [0.2, 0.25) is 5.02 Å². The quantitative estimate of drug-likeness (QED) is 0.636. The number of allylic oxidation sites excluding steroid dienone is 1. The van der Waals surface area contributed by atoms with Gasteiger partial charge in [0.05, 0.1) is 17.7 Å². The summed E-state index contributed by atoms with van der Waals surface area (Å²) in [4.78, 5) is 24.6. The SMILES string of the molecule is CC.CC1CC(C)OC(=O)c2c(O)cc(O)c(Cl)c2CC(=O)/C=C/CCO1. The normalized spacial score (nSPS) is 22.6. The Morgan fingerprint density at radius 3 is 2.44 bits per heavy atom. The lowest BCUT2D eigenvalue weighted by Gasteiger charge is -2.20. The van der Waals surface area contributed by atoms with E-state index >= 15 is 0 Å². The molecule has 0 aliphatic carbocycles. The van der Waals surface area contributed by atoms with Crippen LogP contribution in [-0.2, 0) is 20.7 Å². The summed E-state index contributed by atoms with van der Waals surface area (Å²) in [5.41, 5.74) is -0.158. The molecule has 1 aromatic rings. The summed E-state index contributed by atoms with van der Waals surface area (Å²) in [6.07, 6.45) is 3.26. The van der Waals surface area contributed by atoms with Crippen LogP contribution in [0.25, 0.3) is 0 Å². The van der Waals surface area contributed by atoms with E-state index < -0.39 is 23.6 Å². The van der Waals surface area contributed by atoms with Gasteiger partial charge in [-0.15, -0.1) is 0 Å². The fraction of sp³-hybridized carbons (Fsp3) is 0.500. The van der Waals surface area contributed by atoms with Crippen LogP contribution in [0.4, 0.5) is 0 Å². The molecule has 2 rings (SSSR count). The molecule has 0 saturated heterocycles. The molecule has 0 saturated carbocycles. The van der Waals surface area contributed by atoms with Crippen molar-refractivity contribution < 1.29 is 29.3 Å². The van der Waals surface area contributed by atoms with Crippen LogP contribution in [0.1, 0.15) is 56.5 Å². The number of hydrogen-bond acceptors (Lipinski definition) is 6. The highest BCUT2D eigenvalue weighted by molar-refractivity contribution is 6.33. The molecule has 1 heterocycles. The molecular weight excluding hydrogens is 372 g/mol. The average molecular weight is 399 g/mol. The van der Waals surface area contributed by atoms with Crippen LogP contribution in [0, 0.1) is 0 Å². The van der Waals surface area contributed by atoms with Crippen LogP contribution in [0.3, 0.4) is 0 Å². The summed E-state index contributed by atoms with van der Waals surface area (Å²) in [6, 6.07) is 0.961. The molecule has 27 heavy (non-hydrogen) atoms. The van der Waals surface area contributed by atoms with E-state index in [1.54, 1.807) is 13.0 Å². The molecule has 7 heteroatoms. The minimum atomic E-state index is -0.803. The van der Waals surface area contributed by atoms with Crippen molar-refractivity contribution in [2.45, 2.75) is 59.2 Å². The first kappa shape index (κ1) is 23.0. The monoisotopic (exact) mass is 398 g/mol. The molecule has 6 nitrogen and oxygen atoms in total. The molecule has 1 aromatic carbocycles. The zero-order chi connectivity index (χ0) is 20.6. The number of aromatic hydroxyl groups is 2. The van der Waals surface area contributed by atoms with Crippen molar-refractivity contribution in [3.8, 4) is 11.5 Å². The van der Waals surface area contributed by atoms with E-state index in [0.717, 1.165) is 6.07 Å². The Morgan fingerprint density at radius 2 is 1.78 bits per heavy atom. The van der Waals surface area contributed by atoms with Crippen LogP contribution in [-0.4, -0.2) is 40.8 Å². The number of phenols is 2. The lowest BCUT2D eigenvalue weighted by Crippen LogP contribution is -2.23. The molecular formula is C20H27ClO6. The molecule has 2 atom stereocenters. The van der Waals surface area contributed by atoms with Crippen molar-refractivity contribution in [1.29, 1.82) is 0 Å². The Hall–Kier alpha value is -2.05. The maximum absolute atomic E-state index is 12.5. The number of fused-ring (bicyclic) bond motifs is 1. The molecule has 0 bridgehead atoms. The van der Waals surface area contributed by atoms with Crippen molar-refractivity contribution in [3.05, 3.63) is 34.4 Å². The van der Waals surface area contributed by atoms with Gasteiger partial charge in [0.1, 0.15) is 23.2 Å². The number of rotatable bonds is 0. The third-order valence-corrected chi connectivity index (χ3v) is 4.26. The average Bonchev–Trinajstić information content (AvgIpc) is 2.59. The van der Waals surface area contributed by atoms with Crippen LogP contribution in [0.15, 0.2) is 18.2 Å². The Morgan fingerprint density at radius 1 is 1.11 bits per heavy atom. The minimum absolute atomic E-state index is 0.0485. The first-order chi connectivity index (χ1) is 12.8. The second-order valence-corrected chi connectivity index (χ2v) is 6.43. The molecule has 150 valence electrons. The number of cyclic esters (lactones) is 1. The van der Waals surface area contributed by atoms with Crippen LogP contribution < -0.4 is 0 Å². The van der Waals surface area contributed by atoms with Gasteiger partial charge < -0.3 is 19.7 Å². The summed E-state index contributed by atoms with van der Waals surface area (Å²) in [6.45, 7) is 8.03. The fourth-order valence-electron chi connectivity index (χ4n) is 2.69. The number of ketones is 1. The van der Waals surface area contributed by atoms with E-state index in [1.165, 1.54) is 6.08 Å². The topological polar surface area (TPSA) is 93.1 Å². The van der Waals surface area contributed by atoms with Gasteiger partial charge in [0.25, 0.3) is 0 Å². The van der Waals surface area contributed by atoms with Gasteiger partial charge >= 0.3 is 5.97 Å². The van der Waals surface area contributed by atoms with Gasteiger partial charge in [-0.05, 0) is 26.3 Å². The molecule has 0 amide bonds. The second-order valence-electron chi connectivity index (χ2n) is 6.05. The highest BCUT2D eigenvalue weighted by atomic mass is 35.5. The van der Waals surface area contributed by atoms with Gasteiger partial charge in [0.15, 0.2) is 5.78 Å². The predicted molar refractivity (Wildman–Crippen MR) is 104 cm³/mol. The number of carbonyl (C=O) groups excluding carboxylic acids is 2. The smallest absolute Gasteiger partial charge is 0.342 e. The maximum Gasteiger partial charge on any atom is 0.342 e. The van der Waals surface area contributed by atoms with Crippen molar-refractivity contribution in [2.75, 3.05) is 6.61 Å². The molecule has 2 unspecified atom stereocenters. The number of hydrogen-bond donors (Lipinski definition) is 2. The molecule has 1 aliphatic heterocycles. The largest absolute Gasteiger partial charge is 0.507 e. The van der Waals surface area contributed by atoms with E-state index in [1.807, 2.05) is 20.8 Å². The zero-order valence-electron chi connectivity index (χ0n) is 16.1. The van der Waals surface area contributed by atoms with Gasteiger partial charge in [0.2, 0.25) is 0 Å². The van der Waals surface area contributed by atoms with E-state index in [4.69, 9.17) is 21.1 Å². The lowest BCUT2D eigenvalue weighted by molar-refractivity contribution is -0.114. The molecule has 2 N–H and O–H groups in total. The number of halogens is 1. The fourth-order valence-corrected chi connectivity index (χ4v) is 2.90. The highest BCUT2D eigenvalue weighted by Crippen LogP contribution is 2.37. The van der Waals surface area contributed by atoms with Crippen LogP contribution in [0.5, 0.6) is 11.5 Å². The summed E-state index contributed by atoms with van der Waals surface area (Å²) in [5, 5.41) is 19.7. The summed E-state index contributed by atoms with van der Waals surface area (Å²) >= 11 is 6.06. The standard InChI is InChI=1S/C18H21ClO6.C2H6/c1-10-7-11(2)25-18(23)16-13(17(19)15(22)9-14(16)21)8-12(20)5-3-4-6-24-10;1-2/h3,5,9-11,21-22H,4,6-8H2,1-2H3;1-2H3/b5-3+;. The molecule has 1 aliphatic rings. The van der Waals surface area contributed by atoms with E-state index in [0.29, 0.717) is 19.4 Å². The molecule has 0 radical (unpaired) electrons. The van der Waals surface area contributed by atoms with Gasteiger partial charge in [-0.2, -0.15) is 0 Å². The number of esters is 1. The summed E-state index contributed by atoms with van der Waals surface area (Å²) < 4.78 is 11.0. The number of ether oxygens (including phenoxy) is 2. The molecule has 0 spiro atoms. The van der Waals surface area contributed by atoms with E-state index in [9.17, 15) is 19.8 Å². The zero-order valence-corrected chi connectivity index (χ0v) is 16.9. The van der Waals surface area contributed by atoms with E-state index in [2.05, 4.69) is 0 Å². The summed E-state index contributed by atoms with van der Waals surface area (Å²) in [7, 11) is 0. The minimum Gasteiger partial charge on any atom is -0.507 e. The number of phenolic OH excluding ortho intramolecular Hbond substituents is 2. The molecule has 0 aromatic heterocycles. The maximum atomic E-state index is 12.5. The van der Waals surface area contributed by atoms with Crippen molar-refractivity contribution in [1.82, 2.24) is 0 Å². The van der Waals surface area contributed by atoms with Gasteiger partial charge in [-0.25, -0.2) is 4.79 Å².